The van der Waals surface area contributed by atoms with Crippen LogP contribution in [-0.4, -0.2) is 43.5 Å². The van der Waals surface area contributed by atoms with E-state index in [4.69, 9.17) is 5.73 Å². The van der Waals surface area contributed by atoms with Crippen molar-refractivity contribution in [1.29, 1.82) is 0 Å². The van der Waals surface area contributed by atoms with Gasteiger partial charge in [-0.3, -0.25) is 9.69 Å². The van der Waals surface area contributed by atoms with Gasteiger partial charge in [0.1, 0.15) is 0 Å². The van der Waals surface area contributed by atoms with Crippen LogP contribution in [0.5, 0.6) is 0 Å². The van der Waals surface area contributed by atoms with Gasteiger partial charge in [-0.2, -0.15) is 0 Å². The molecular weight excluding hydrogens is 202 g/mol. The molecule has 0 heterocycles. The molecule has 0 aliphatic heterocycles. The number of nitrogens with two attached hydrogens (primary N) is 1. The summed E-state index contributed by atoms with van der Waals surface area (Å²) in [6.07, 6.45) is 4.92. The number of carbonyl (C=O) groups is 1. The van der Waals surface area contributed by atoms with E-state index in [1.165, 1.54) is 19.3 Å². The Morgan fingerprint density at radius 1 is 1.44 bits per heavy atom. The molecular formula is C12H25N3O. The molecule has 1 saturated carbocycles. The van der Waals surface area contributed by atoms with Crippen LogP contribution in [0.1, 0.15) is 32.6 Å². The minimum Gasteiger partial charge on any atom is -0.352 e. The summed E-state index contributed by atoms with van der Waals surface area (Å²) in [4.78, 5) is 13.7. The molecule has 0 spiro atoms. The van der Waals surface area contributed by atoms with E-state index >= 15 is 0 Å². The van der Waals surface area contributed by atoms with E-state index in [9.17, 15) is 4.79 Å². The van der Waals surface area contributed by atoms with Crippen molar-refractivity contribution in [1.82, 2.24) is 10.2 Å². The number of nitrogens with one attached hydrogen (secondary N) is 1. The number of hydrogen-bond acceptors (Lipinski definition) is 3. The highest BCUT2D eigenvalue weighted by atomic mass is 16.2. The second-order valence-electron chi connectivity index (χ2n) is 4.96. The van der Waals surface area contributed by atoms with Gasteiger partial charge >= 0.3 is 0 Å². The molecule has 4 nitrogen and oxygen atoms in total. The molecule has 1 fully saturated rings. The molecule has 1 aliphatic rings. The van der Waals surface area contributed by atoms with Gasteiger partial charge in [0.15, 0.2) is 0 Å². The van der Waals surface area contributed by atoms with E-state index in [-0.39, 0.29) is 5.91 Å². The van der Waals surface area contributed by atoms with Crippen LogP contribution in [0.3, 0.4) is 0 Å². The summed E-state index contributed by atoms with van der Waals surface area (Å²) < 4.78 is 0. The van der Waals surface area contributed by atoms with Gasteiger partial charge < -0.3 is 11.1 Å². The molecule has 0 saturated heterocycles. The van der Waals surface area contributed by atoms with Crippen molar-refractivity contribution in [3.63, 3.8) is 0 Å². The van der Waals surface area contributed by atoms with Gasteiger partial charge in [0, 0.05) is 19.1 Å². The Labute approximate surface area is 98.6 Å². The van der Waals surface area contributed by atoms with E-state index in [2.05, 4.69) is 12.2 Å². The lowest BCUT2D eigenvalue weighted by Crippen LogP contribution is -2.45. The smallest absolute Gasteiger partial charge is 0.234 e. The van der Waals surface area contributed by atoms with Gasteiger partial charge in [0.25, 0.3) is 0 Å². The molecule has 0 radical (unpaired) electrons. The van der Waals surface area contributed by atoms with E-state index in [0.717, 1.165) is 13.0 Å². The lowest BCUT2D eigenvalue weighted by molar-refractivity contribution is -0.123. The average Bonchev–Trinajstić information content (AvgIpc) is 2.21. The maximum Gasteiger partial charge on any atom is 0.234 e. The van der Waals surface area contributed by atoms with Crippen LogP contribution in [0.25, 0.3) is 0 Å². The first kappa shape index (κ1) is 13.5. The van der Waals surface area contributed by atoms with E-state index in [1.807, 2.05) is 11.9 Å². The van der Waals surface area contributed by atoms with Crippen molar-refractivity contribution in [2.24, 2.45) is 11.7 Å². The highest BCUT2D eigenvalue weighted by Crippen LogP contribution is 2.23. The Morgan fingerprint density at radius 2 is 2.12 bits per heavy atom. The van der Waals surface area contributed by atoms with Gasteiger partial charge in [0.2, 0.25) is 5.91 Å². The third-order valence-electron chi connectivity index (χ3n) is 3.38. The summed E-state index contributed by atoms with van der Waals surface area (Å²) in [5.74, 6) is 0.757. The van der Waals surface area contributed by atoms with Crippen LogP contribution < -0.4 is 11.1 Å². The fourth-order valence-electron chi connectivity index (χ4n) is 2.33. The first-order valence-corrected chi connectivity index (χ1v) is 6.31. The van der Waals surface area contributed by atoms with Crippen molar-refractivity contribution in [2.75, 3.05) is 26.7 Å². The Kier molecular flexibility index (Phi) is 5.77. The molecule has 1 aliphatic carbocycles. The SMILES string of the molecule is CC1CCCCC1NC(=O)CN(C)CCN. The molecule has 0 bridgehead atoms. The van der Waals surface area contributed by atoms with Gasteiger partial charge in [-0.15, -0.1) is 0 Å². The molecule has 2 atom stereocenters. The van der Waals surface area contributed by atoms with Gasteiger partial charge in [-0.05, 0) is 25.8 Å². The minimum absolute atomic E-state index is 0.134. The largest absolute Gasteiger partial charge is 0.352 e. The lowest BCUT2D eigenvalue weighted by Gasteiger charge is -2.30. The predicted molar refractivity (Wildman–Crippen MR) is 66.1 cm³/mol. The fraction of sp³-hybridized carbons (Fsp3) is 0.917. The maximum absolute atomic E-state index is 11.7. The molecule has 4 heteroatoms. The van der Waals surface area contributed by atoms with Crippen molar-refractivity contribution < 1.29 is 4.79 Å². The summed E-state index contributed by atoms with van der Waals surface area (Å²) in [5, 5.41) is 3.14. The highest BCUT2D eigenvalue weighted by Gasteiger charge is 2.22. The monoisotopic (exact) mass is 227 g/mol. The first-order valence-electron chi connectivity index (χ1n) is 6.31. The van der Waals surface area contributed by atoms with Gasteiger partial charge in [0.05, 0.1) is 6.54 Å². The Bertz CT molecular complexity index is 220. The van der Waals surface area contributed by atoms with Crippen LogP contribution in [0, 0.1) is 5.92 Å². The first-order chi connectivity index (χ1) is 7.63. The minimum atomic E-state index is 0.134. The summed E-state index contributed by atoms with van der Waals surface area (Å²) in [7, 11) is 1.93. The van der Waals surface area contributed by atoms with E-state index in [1.54, 1.807) is 0 Å². The molecule has 16 heavy (non-hydrogen) atoms. The maximum atomic E-state index is 11.7. The van der Waals surface area contributed by atoms with Crippen LogP contribution in [0.4, 0.5) is 0 Å². The van der Waals surface area contributed by atoms with Crippen molar-refractivity contribution in [3.8, 4) is 0 Å². The zero-order chi connectivity index (χ0) is 12.0. The second kappa shape index (κ2) is 6.86. The molecule has 0 aromatic rings. The van der Waals surface area contributed by atoms with Crippen molar-refractivity contribution in [2.45, 2.75) is 38.6 Å². The standard InChI is InChI=1S/C12H25N3O/c1-10-5-3-4-6-11(10)14-12(16)9-15(2)8-7-13/h10-11H,3-9,13H2,1-2H3,(H,14,16). The van der Waals surface area contributed by atoms with Gasteiger partial charge in [-0.1, -0.05) is 19.8 Å². The molecule has 0 aromatic heterocycles. The number of hydrogen-bond donors (Lipinski definition) is 2. The second-order valence-corrected chi connectivity index (χ2v) is 4.96. The number of amides is 1. The third kappa shape index (κ3) is 4.49. The lowest BCUT2D eigenvalue weighted by atomic mass is 9.86. The molecule has 2 unspecified atom stereocenters. The predicted octanol–water partition coefficient (Wildman–Crippen LogP) is 0.572. The van der Waals surface area contributed by atoms with E-state index < -0.39 is 0 Å². The average molecular weight is 227 g/mol. The summed E-state index contributed by atoms with van der Waals surface area (Å²) in [6.45, 7) is 4.06. The Morgan fingerprint density at radius 3 is 2.75 bits per heavy atom. The van der Waals surface area contributed by atoms with Crippen LogP contribution in [0.2, 0.25) is 0 Å². The highest BCUT2D eigenvalue weighted by molar-refractivity contribution is 5.78. The molecule has 3 N–H and O–H groups in total. The van der Waals surface area contributed by atoms with Gasteiger partial charge in [-0.25, -0.2) is 0 Å². The normalized spacial score (nSPS) is 25.8. The van der Waals surface area contributed by atoms with Crippen LogP contribution >= 0.6 is 0 Å². The number of nitrogens with zero attached hydrogens (tertiary/aromatic N) is 1. The Balaban J connectivity index is 2.27. The quantitative estimate of drug-likeness (QED) is 0.722. The summed E-state index contributed by atoms with van der Waals surface area (Å²) >= 11 is 0. The third-order valence-corrected chi connectivity index (χ3v) is 3.38. The fourth-order valence-corrected chi connectivity index (χ4v) is 2.33. The van der Waals surface area contributed by atoms with Crippen molar-refractivity contribution >= 4 is 5.91 Å². The molecule has 0 aromatic carbocycles. The number of carbonyl (C=O) groups excluding carboxylic acids is 1. The topological polar surface area (TPSA) is 58.4 Å². The van der Waals surface area contributed by atoms with E-state index in [0.29, 0.717) is 25.0 Å². The summed E-state index contributed by atoms with van der Waals surface area (Å²) in [5.41, 5.74) is 5.44. The van der Waals surface area contributed by atoms with Crippen molar-refractivity contribution in [3.05, 3.63) is 0 Å². The van der Waals surface area contributed by atoms with Crippen LogP contribution in [0.15, 0.2) is 0 Å². The Hall–Kier alpha value is -0.610. The molecule has 1 amide bonds. The number of rotatable bonds is 5. The molecule has 1 rings (SSSR count). The van der Waals surface area contributed by atoms with Crippen LogP contribution in [-0.2, 0) is 4.79 Å². The number of likely N-dealkylation sites (N-methyl/N-ethyl adjacent to an activating group) is 1. The zero-order valence-electron chi connectivity index (χ0n) is 10.5. The molecule has 94 valence electrons. The summed E-state index contributed by atoms with van der Waals surface area (Å²) in [6, 6.07) is 0.382. The zero-order valence-corrected chi connectivity index (χ0v) is 10.5.